The van der Waals surface area contributed by atoms with E-state index in [9.17, 15) is 0 Å². The molecule has 15 heavy (non-hydrogen) atoms. The highest BCUT2D eigenvalue weighted by Gasteiger charge is 2.28. The van der Waals surface area contributed by atoms with Crippen LogP contribution in [0.25, 0.3) is 0 Å². The summed E-state index contributed by atoms with van der Waals surface area (Å²) in [6.45, 7) is 2.41. The van der Waals surface area contributed by atoms with Gasteiger partial charge in [-0.1, -0.05) is 11.6 Å². The Morgan fingerprint density at radius 3 is 2.93 bits per heavy atom. The number of morpholine rings is 1. The third-order valence-electron chi connectivity index (χ3n) is 3.13. The highest BCUT2D eigenvalue weighted by atomic mass is 16.5. The van der Waals surface area contributed by atoms with Gasteiger partial charge in [-0.2, -0.15) is 4.98 Å². The summed E-state index contributed by atoms with van der Waals surface area (Å²) < 4.78 is 10.8. The minimum absolute atomic E-state index is 0.0312. The lowest BCUT2D eigenvalue weighted by Gasteiger charge is -2.21. The summed E-state index contributed by atoms with van der Waals surface area (Å²) >= 11 is 0. The normalized spacial score (nSPS) is 27.6. The van der Waals surface area contributed by atoms with E-state index in [0.29, 0.717) is 11.7 Å². The Kier molecular flexibility index (Phi) is 2.42. The van der Waals surface area contributed by atoms with Crippen LogP contribution in [0.3, 0.4) is 0 Å². The molecule has 1 aliphatic carbocycles. The van der Waals surface area contributed by atoms with Gasteiger partial charge in [0.05, 0.1) is 6.61 Å². The van der Waals surface area contributed by atoms with E-state index < -0.39 is 0 Å². The van der Waals surface area contributed by atoms with Crippen LogP contribution in [-0.4, -0.2) is 29.8 Å². The van der Waals surface area contributed by atoms with E-state index in [0.717, 1.165) is 25.6 Å². The second-order valence-corrected chi connectivity index (χ2v) is 4.18. The van der Waals surface area contributed by atoms with Gasteiger partial charge >= 0.3 is 0 Å². The van der Waals surface area contributed by atoms with Gasteiger partial charge in [0.2, 0.25) is 11.7 Å². The third kappa shape index (κ3) is 1.77. The van der Waals surface area contributed by atoms with Crippen molar-refractivity contribution in [3.8, 4) is 0 Å². The Morgan fingerprint density at radius 1 is 1.33 bits per heavy atom. The fourth-order valence-corrected chi connectivity index (χ4v) is 1.93. The Bertz CT molecular complexity index is 329. The van der Waals surface area contributed by atoms with Gasteiger partial charge < -0.3 is 14.6 Å². The first-order valence-corrected chi connectivity index (χ1v) is 5.59. The molecule has 0 amide bonds. The minimum atomic E-state index is -0.0312. The van der Waals surface area contributed by atoms with Crippen LogP contribution >= 0.6 is 0 Å². The van der Waals surface area contributed by atoms with Crippen LogP contribution in [0.2, 0.25) is 0 Å². The molecule has 1 saturated heterocycles. The first-order chi connectivity index (χ1) is 7.43. The first-order valence-electron chi connectivity index (χ1n) is 5.59. The van der Waals surface area contributed by atoms with Crippen molar-refractivity contribution in [2.24, 2.45) is 0 Å². The Labute approximate surface area is 88.2 Å². The van der Waals surface area contributed by atoms with Crippen LogP contribution in [-0.2, 0) is 4.74 Å². The standard InChI is InChI=1S/C10H15N3O2/c1-2-7(3-1)10-12-9(13-15-10)8-6-11-4-5-14-8/h7-8,11H,1-6H2/t8-/m1/s1. The zero-order chi connectivity index (χ0) is 10.1. The molecule has 1 N–H and O–H groups in total. The molecule has 0 aromatic carbocycles. The summed E-state index contributed by atoms with van der Waals surface area (Å²) in [5.74, 6) is 2.00. The fourth-order valence-electron chi connectivity index (χ4n) is 1.93. The Hall–Kier alpha value is -0.940. The van der Waals surface area contributed by atoms with Crippen molar-refractivity contribution in [1.29, 1.82) is 0 Å². The molecule has 0 bridgehead atoms. The van der Waals surface area contributed by atoms with Crippen LogP contribution in [0.5, 0.6) is 0 Å². The lowest BCUT2D eigenvalue weighted by atomic mass is 9.85. The zero-order valence-electron chi connectivity index (χ0n) is 8.61. The van der Waals surface area contributed by atoms with Gasteiger partial charge in [0.15, 0.2) is 0 Å². The molecule has 5 nitrogen and oxygen atoms in total. The van der Waals surface area contributed by atoms with Gasteiger partial charge in [-0.15, -0.1) is 0 Å². The summed E-state index contributed by atoms with van der Waals surface area (Å²) in [5, 5.41) is 7.24. The number of aromatic nitrogens is 2. The maximum absolute atomic E-state index is 5.56. The monoisotopic (exact) mass is 209 g/mol. The summed E-state index contributed by atoms with van der Waals surface area (Å²) in [7, 11) is 0. The molecule has 1 aromatic heterocycles. The van der Waals surface area contributed by atoms with Gasteiger partial charge in [0.25, 0.3) is 0 Å². The number of nitrogens with one attached hydrogen (secondary N) is 1. The van der Waals surface area contributed by atoms with Crippen LogP contribution in [0.15, 0.2) is 4.52 Å². The molecular formula is C10H15N3O2. The van der Waals surface area contributed by atoms with Gasteiger partial charge in [-0.05, 0) is 12.8 Å². The molecule has 0 radical (unpaired) electrons. The maximum Gasteiger partial charge on any atom is 0.229 e. The zero-order valence-corrected chi connectivity index (χ0v) is 8.61. The molecule has 0 unspecified atom stereocenters. The predicted octanol–water partition coefficient (Wildman–Crippen LogP) is 0.998. The Morgan fingerprint density at radius 2 is 2.27 bits per heavy atom. The highest BCUT2D eigenvalue weighted by molar-refractivity contribution is 5.00. The smallest absolute Gasteiger partial charge is 0.229 e. The second-order valence-electron chi connectivity index (χ2n) is 4.18. The molecule has 1 aromatic rings. The van der Waals surface area contributed by atoms with E-state index in [-0.39, 0.29) is 6.10 Å². The summed E-state index contributed by atoms with van der Waals surface area (Å²) in [6, 6.07) is 0. The van der Waals surface area contributed by atoms with E-state index in [1.165, 1.54) is 19.3 Å². The average Bonchev–Trinajstić information content (AvgIpc) is 2.66. The maximum atomic E-state index is 5.56. The molecule has 2 aliphatic rings. The van der Waals surface area contributed by atoms with Crippen LogP contribution in [0.4, 0.5) is 0 Å². The predicted molar refractivity (Wildman–Crippen MR) is 52.5 cm³/mol. The SMILES string of the molecule is C1CC(c2nc([C@H]3CNCCO3)no2)C1. The topological polar surface area (TPSA) is 60.2 Å². The van der Waals surface area contributed by atoms with Crippen LogP contribution in [0, 0.1) is 0 Å². The number of hydrogen-bond acceptors (Lipinski definition) is 5. The molecule has 0 spiro atoms. The largest absolute Gasteiger partial charge is 0.367 e. The van der Waals surface area contributed by atoms with Gasteiger partial charge in [-0.3, -0.25) is 0 Å². The molecule has 1 saturated carbocycles. The summed E-state index contributed by atoms with van der Waals surface area (Å²) in [4.78, 5) is 4.41. The van der Waals surface area contributed by atoms with E-state index in [1.54, 1.807) is 0 Å². The number of nitrogens with zero attached hydrogens (tertiary/aromatic N) is 2. The number of ether oxygens (including phenoxy) is 1. The van der Waals surface area contributed by atoms with E-state index >= 15 is 0 Å². The lowest BCUT2D eigenvalue weighted by molar-refractivity contribution is 0.0208. The van der Waals surface area contributed by atoms with Gasteiger partial charge in [0, 0.05) is 19.0 Å². The van der Waals surface area contributed by atoms with Crippen molar-refractivity contribution < 1.29 is 9.26 Å². The molecule has 2 fully saturated rings. The van der Waals surface area contributed by atoms with Crippen molar-refractivity contribution in [1.82, 2.24) is 15.5 Å². The number of hydrogen-bond donors (Lipinski definition) is 1. The molecule has 1 atom stereocenters. The quantitative estimate of drug-likeness (QED) is 0.787. The van der Waals surface area contributed by atoms with Crippen molar-refractivity contribution in [2.45, 2.75) is 31.3 Å². The third-order valence-corrected chi connectivity index (χ3v) is 3.13. The van der Waals surface area contributed by atoms with E-state index in [1.807, 2.05) is 0 Å². The Balaban J connectivity index is 1.71. The molecular weight excluding hydrogens is 194 g/mol. The van der Waals surface area contributed by atoms with Crippen LogP contribution < -0.4 is 5.32 Å². The van der Waals surface area contributed by atoms with Crippen LogP contribution in [0.1, 0.15) is 43.0 Å². The average molecular weight is 209 g/mol. The molecule has 1 aliphatic heterocycles. The van der Waals surface area contributed by atoms with Crippen molar-refractivity contribution in [3.63, 3.8) is 0 Å². The summed E-state index contributed by atoms with van der Waals surface area (Å²) in [6.07, 6.45) is 3.62. The van der Waals surface area contributed by atoms with Gasteiger partial charge in [-0.25, -0.2) is 0 Å². The number of rotatable bonds is 2. The van der Waals surface area contributed by atoms with Crippen molar-refractivity contribution in [3.05, 3.63) is 11.7 Å². The molecule has 3 rings (SSSR count). The lowest BCUT2D eigenvalue weighted by Crippen LogP contribution is -2.33. The second kappa shape index (κ2) is 3.90. The van der Waals surface area contributed by atoms with Gasteiger partial charge in [0.1, 0.15) is 6.10 Å². The summed E-state index contributed by atoms with van der Waals surface area (Å²) in [5.41, 5.74) is 0. The minimum Gasteiger partial charge on any atom is -0.367 e. The molecule has 82 valence electrons. The van der Waals surface area contributed by atoms with E-state index in [2.05, 4.69) is 15.5 Å². The highest BCUT2D eigenvalue weighted by Crippen LogP contribution is 2.35. The van der Waals surface area contributed by atoms with E-state index in [4.69, 9.17) is 9.26 Å². The van der Waals surface area contributed by atoms with Crippen molar-refractivity contribution in [2.75, 3.05) is 19.7 Å². The fraction of sp³-hybridized carbons (Fsp3) is 0.800. The first kappa shape index (κ1) is 9.30. The van der Waals surface area contributed by atoms with Crippen molar-refractivity contribution >= 4 is 0 Å². The molecule has 5 heteroatoms. The molecule has 2 heterocycles.